The molecule has 1 heterocycles. The predicted molar refractivity (Wildman–Crippen MR) is 68.3 cm³/mol. The minimum Gasteiger partial charge on any atom is -0.328 e. The summed E-state index contributed by atoms with van der Waals surface area (Å²) in [7, 11) is 2.16. The molecule has 0 amide bonds. The van der Waals surface area contributed by atoms with Gasteiger partial charge in [-0.25, -0.2) is 0 Å². The predicted octanol–water partition coefficient (Wildman–Crippen LogP) is 1.68. The van der Waals surface area contributed by atoms with E-state index < -0.39 is 0 Å². The van der Waals surface area contributed by atoms with Crippen molar-refractivity contribution in [2.75, 3.05) is 20.1 Å². The fourth-order valence-electron chi connectivity index (χ4n) is 1.65. The van der Waals surface area contributed by atoms with Crippen LogP contribution in [0.1, 0.15) is 25.5 Å². The topological polar surface area (TPSA) is 42.1 Å². The van der Waals surface area contributed by atoms with Gasteiger partial charge in [-0.3, -0.25) is 4.98 Å². The van der Waals surface area contributed by atoms with E-state index in [1.165, 1.54) is 12.1 Å². The Morgan fingerprint density at radius 1 is 1.38 bits per heavy atom. The van der Waals surface area contributed by atoms with Gasteiger partial charge in [-0.1, -0.05) is 6.07 Å². The molecule has 3 heteroatoms. The Labute approximate surface area is 98.7 Å². The van der Waals surface area contributed by atoms with Gasteiger partial charge in [0.05, 0.1) is 0 Å². The van der Waals surface area contributed by atoms with Crippen LogP contribution in [0.25, 0.3) is 0 Å². The number of likely N-dealkylation sites (N-methyl/N-ethyl adjacent to an activating group) is 1. The van der Waals surface area contributed by atoms with Crippen molar-refractivity contribution in [3.8, 4) is 0 Å². The van der Waals surface area contributed by atoms with Crippen LogP contribution in [0.4, 0.5) is 0 Å². The highest BCUT2D eigenvalue weighted by Gasteiger charge is 2.01. The molecule has 1 aromatic rings. The first-order valence-electron chi connectivity index (χ1n) is 6.02. The van der Waals surface area contributed by atoms with Gasteiger partial charge in [0.2, 0.25) is 0 Å². The van der Waals surface area contributed by atoms with Crippen molar-refractivity contribution in [1.82, 2.24) is 9.88 Å². The molecule has 0 saturated carbocycles. The van der Waals surface area contributed by atoms with E-state index in [9.17, 15) is 0 Å². The van der Waals surface area contributed by atoms with Gasteiger partial charge in [-0.05, 0) is 45.5 Å². The van der Waals surface area contributed by atoms with Crippen LogP contribution in [0.15, 0.2) is 24.4 Å². The highest BCUT2D eigenvalue weighted by molar-refractivity contribution is 5.03. The summed E-state index contributed by atoms with van der Waals surface area (Å²) < 4.78 is 0. The third-order valence-electron chi connectivity index (χ3n) is 2.68. The molecule has 3 nitrogen and oxygen atoms in total. The minimum absolute atomic E-state index is 0.323. The van der Waals surface area contributed by atoms with Crippen molar-refractivity contribution >= 4 is 0 Å². The number of nitrogens with two attached hydrogens (primary N) is 1. The van der Waals surface area contributed by atoms with Crippen molar-refractivity contribution < 1.29 is 0 Å². The lowest BCUT2D eigenvalue weighted by Crippen LogP contribution is -2.24. The van der Waals surface area contributed by atoms with Gasteiger partial charge in [0, 0.05) is 30.9 Å². The second-order valence-electron chi connectivity index (χ2n) is 4.49. The monoisotopic (exact) mass is 221 g/mol. The molecule has 0 aromatic carbocycles. The molecule has 0 aliphatic carbocycles. The van der Waals surface area contributed by atoms with Gasteiger partial charge in [0.15, 0.2) is 0 Å². The van der Waals surface area contributed by atoms with Gasteiger partial charge < -0.3 is 10.6 Å². The van der Waals surface area contributed by atoms with Crippen molar-refractivity contribution in [3.05, 3.63) is 30.1 Å². The summed E-state index contributed by atoms with van der Waals surface area (Å²) in [5.41, 5.74) is 6.88. The van der Waals surface area contributed by atoms with Crippen molar-refractivity contribution in [3.63, 3.8) is 0 Å². The van der Waals surface area contributed by atoms with E-state index in [4.69, 9.17) is 5.73 Å². The Hall–Kier alpha value is -0.930. The largest absolute Gasteiger partial charge is 0.328 e. The lowest BCUT2D eigenvalue weighted by molar-refractivity contribution is 0.325. The normalized spacial score (nSPS) is 13.0. The van der Waals surface area contributed by atoms with Gasteiger partial charge in [0.25, 0.3) is 0 Å². The summed E-state index contributed by atoms with van der Waals surface area (Å²) in [4.78, 5) is 6.66. The van der Waals surface area contributed by atoms with E-state index in [-0.39, 0.29) is 0 Å². The minimum atomic E-state index is 0.323. The van der Waals surface area contributed by atoms with E-state index in [0.29, 0.717) is 6.04 Å². The van der Waals surface area contributed by atoms with Crippen LogP contribution in [0.5, 0.6) is 0 Å². The van der Waals surface area contributed by atoms with Crippen LogP contribution in [0, 0.1) is 0 Å². The smallest absolute Gasteiger partial charge is 0.0416 e. The highest BCUT2D eigenvalue weighted by Crippen LogP contribution is 1.99. The molecule has 0 aliphatic heterocycles. The quantitative estimate of drug-likeness (QED) is 0.762. The molecule has 1 aromatic heterocycles. The molecule has 0 fully saturated rings. The van der Waals surface area contributed by atoms with Crippen LogP contribution >= 0.6 is 0 Å². The molecule has 1 atom stereocenters. The number of hydrogen-bond donors (Lipinski definition) is 1. The first kappa shape index (κ1) is 13.1. The Bertz CT molecular complexity index is 272. The van der Waals surface area contributed by atoms with E-state index in [1.54, 1.807) is 0 Å². The van der Waals surface area contributed by atoms with Crippen LogP contribution < -0.4 is 5.73 Å². The van der Waals surface area contributed by atoms with Crippen molar-refractivity contribution in [2.45, 2.75) is 32.2 Å². The summed E-state index contributed by atoms with van der Waals surface area (Å²) in [5.74, 6) is 0. The molecule has 0 radical (unpaired) electrons. The van der Waals surface area contributed by atoms with Crippen LogP contribution in [-0.2, 0) is 6.42 Å². The molecule has 90 valence electrons. The zero-order chi connectivity index (χ0) is 11.8. The van der Waals surface area contributed by atoms with Gasteiger partial charge in [-0.15, -0.1) is 0 Å². The molecule has 0 aliphatic rings. The first-order chi connectivity index (χ1) is 7.68. The molecule has 1 rings (SSSR count). The van der Waals surface area contributed by atoms with Gasteiger partial charge in [0.1, 0.15) is 0 Å². The zero-order valence-corrected chi connectivity index (χ0v) is 10.4. The van der Waals surface area contributed by atoms with Crippen molar-refractivity contribution in [2.24, 2.45) is 5.73 Å². The second-order valence-corrected chi connectivity index (χ2v) is 4.49. The summed E-state index contributed by atoms with van der Waals surface area (Å²) in [5, 5.41) is 0. The SMILES string of the molecule is CC(N)CCCN(C)CCc1ccccn1. The molecule has 0 bridgehead atoms. The maximum atomic E-state index is 5.72. The van der Waals surface area contributed by atoms with E-state index in [2.05, 4.69) is 29.9 Å². The van der Waals surface area contributed by atoms with Gasteiger partial charge in [-0.2, -0.15) is 0 Å². The van der Waals surface area contributed by atoms with Crippen molar-refractivity contribution in [1.29, 1.82) is 0 Å². The van der Waals surface area contributed by atoms with Crippen LogP contribution in [-0.4, -0.2) is 36.1 Å². The highest BCUT2D eigenvalue weighted by atomic mass is 15.1. The second kappa shape index (κ2) is 7.36. The molecule has 0 spiro atoms. The Morgan fingerprint density at radius 2 is 2.19 bits per heavy atom. The van der Waals surface area contributed by atoms with Crippen LogP contribution in [0.2, 0.25) is 0 Å². The first-order valence-corrected chi connectivity index (χ1v) is 6.02. The summed E-state index contributed by atoms with van der Waals surface area (Å²) in [6, 6.07) is 6.40. The number of aromatic nitrogens is 1. The summed E-state index contributed by atoms with van der Waals surface area (Å²) in [6.45, 7) is 4.25. The molecular weight excluding hydrogens is 198 g/mol. The average Bonchev–Trinajstić information content (AvgIpc) is 2.27. The molecule has 2 N–H and O–H groups in total. The number of pyridine rings is 1. The third-order valence-corrected chi connectivity index (χ3v) is 2.68. The van der Waals surface area contributed by atoms with E-state index in [1.807, 2.05) is 18.3 Å². The average molecular weight is 221 g/mol. The number of rotatable bonds is 7. The Balaban J connectivity index is 2.13. The zero-order valence-electron chi connectivity index (χ0n) is 10.4. The molecule has 1 unspecified atom stereocenters. The number of hydrogen-bond acceptors (Lipinski definition) is 3. The maximum Gasteiger partial charge on any atom is 0.0416 e. The molecule has 16 heavy (non-hydrogen) atoms. The Morgan fingerprint density at radius 3 is 2.81 bits per heavy atom. The van der Waals surface area contributed by atoms with Crippen LogP contribution in [0.3, 0.4) is 0 Å². The summed E-state index contributed by atoms with van der Waals surface area (Å²) in [6.07, 6.45) is 5.16. The van der Waals surface area contributed by atoms with E-state index in [0.717, 1.165) is 25.9 Å². The fourth-order valence-corrected chi connectivity index (χ4v) is 1.65. The molecular formula is C13H23N3. The maximum absolute atomic E-state index is 5.72. The lowest BCUT2D eigenvalue weighted by atomic mass is 10.2. The fraction of sp³-hybridized carbons (Fsp3) is 0.615. The van der Waals surface area contributed by atoms with Gasteiger partial charge >= 0.3 is 0 Å². The Kier molecular flexibility index (Phi) is 6.04. The van der Waals surface area contributed by atoms with E-state index >= 15 is 0 Å². The third kappa shape index (κ3) is 5.83. The summed E-state index contributed by atoms with van der Waals surface area (Å²) >= 11 is 0. The molecule has 0 saturated heterocycles. The lowest BCUT2D eigenvalue weighted by Gasteiger charge is -2.16. The standard InChI is InChI=1S/C13H23N3/c1-12(14)6-5-10-16(2)11-8-13-7-3-4-9-15-13/h3-4,7,9,12H,5-6,8,10-11,14H2,1-2H3. The number of nitrogens with zero attached hydrogens (tertiary/aromatic N) is 2.